The molecule has 0 saturated carbocycles. The van der Waals surface area contributed by atoms with Gasteiger partial charge < -0.3 is 9.84 Å². The zero-order valence-electron chi connectivity index (χ0n) is 7.30. The minimum atomic E-state index is -2.66. The van der Waals surface area contributed by atoms with Gasteiger partial charge in [0.25, 0.3) is 6.43 Å². The van der Waals surface area contributed by atoms with Crippen LogP contribution in [0.1, 0.15) is 17.7 Å². The van der Waals surface area contributed by atoms with Crippen LogP contribution >= 0.6 is 22.6 Å². The second-order valence-corrected chi connectivity index (χ2v) is 3.54. The van der Waals surface area contributed by atoms with Crippen molar-refractivity contribution in [1.82, 2.24) is 4.98 Å². The standard InChI is InChI=1S/C8H8F2INO2/c1-14-5-2-12-4(3-13)6(7(5)11)8(9)10/h2,8,13H,3H2,1H3. The summed E-state index contributed by atoms with van der Waals surface area (Å²) < 4.78 is 30.3. The average Bonchev–Trinajstić information content (AvgIpc) is 2.16. The molecule has 0 radical (unpaired) electrons. The van der Waals surface area contributed by atoms with Crippen LogP contribution < -0.4 is 4.74 Å². The Morgan fingerprint density at radius 2 is 2.29 bits per heavy atom. The topological polar surface area (TPSA) is 42.4 Å². The number of rotatable bonds is 3. The number of halogens is 3. The van der Waals surface area contributed by atoms with Crippen LogP contribution in [-0.2, 0) is 6.61 Å². The van der Waals surface area contributed by atoms with Crippen molar-refractivity contribution in [2.24, 2.45) is 0 Å². The van der Waals surface area contributed by atoms with Crippen LogP contribution in [0.3, 0.4) is 0 Å². The van der Waals surface area contributed by atoms with Gasteiger partial charge in [-0.15, -0.1) is 0 Å². The van der Waals surface area contributed by atoms with E-state index in [1.165, 1.54) is 13.3 Å². The summed E-state index contributed by atoms with van der Waals surface area (Å²) >= 11 is 1.75. The third kappa shape index (κ3) is 2.11. The average molecular weight is 315 g/mol. The number of nitrogens with zero attached hydrogens (tertiary/aromatic N) is 1. The van der Waals surface area contributed by atoms with Crippen LogP contribution in [-0.4, -0.2) is 17.2 Å². The number of pyridine rings is 1. The van der Waals surface area contributed by atoms with Crippen LogP contribution in [0.4, 0.5) is 8.78 Å². The summed E-state index contributed by atoms with van der Waals surface area (Å²) in [6, 6.07) is 0. The molecule has 78 valence electrons. The largest absolute Gasteiger partial charge is 0.494 e. The molecule has 0 fully saturated rings. The lowest BCUT2D eigenvalue weighted by atomic mass is 10.2. The van der Waals surface area contributed by atoms with E-state index < -0.39 is 13.0 Å². The maximum atomic E-state index is 12.6. The van der Waals surface area contributed by atoms with E-state index in [0.29, 0.717) is 3.57 Å². The van der Waals surface area contributed by atoms with Gasteiger partial charge in [0.1, 0.15) is 0 Å². The van der Waals surface area contributed by atoms with Gasteiger partial charge in [0.15, 0.2) is 5.75 Å². The Bertz CT molecular complexity index is 333. The molecular formula is C8H8F2INO2. The van der Waals surface area contributed by atoms with Gasteiger partial charge in [-0.3, -0.25) is 4.98 Å². The maximum Gasteiger partial charge on any atom is 0.266 e. The Labute approximate surface area is 93.2 Å². The molecule has 1 aromatic rings. The molecule has 1 heterocycles. The number of aromatic nitrogens is 1. The van der Waals surface area contributed by atoms with Crippen molar-refractivity contribution in [2.45, 2.75) is 13.0 Å². The minimum Gasteiger partial charge on any atom is -0.494 e. The molecule has 0 saturated heterocycles. The quantitative estimate of drug-likeness (QED) is 0.869. The molecule has 0 aliphatic carbocycles. The minimum absolute atomic E-state index is 0.00907. The molecule has 3 nitrogen and oxygen atoms in total. The van der Waals surface area contributed by atoms with Crippen LogP contribution in [0.2, 0.25) is 0 Å². The number of hydrogen-bond acceptors (Lipinski definition) is 3. The van der Waals surface area contributed by atoms with E-state index in [1.807, 2.05) is 0 Å². The van der Waals surface area contributed by atoms with Crippen LogP contribution in [0.5, 0.6) is 5.75 Å². The summed E-state index contributed by atoms with van der Waals surface area (Å²) in [6.45, 7) is -0.500. The summed E-state index contributed by atoms with van der Waals surface area (Å²) in [6.07, 6.45) is -1.34. The molecule has 14 heavy (non-hydrogen) atoms. The highest BCUT2D eigenvalue weighted by molar-refractivity contribution is 14.1. The first-order chi connectivity index (χ1) is 6.61. The van der Waals surface area contributed by atoms with Gasteiger partial charge >= 0.3 is 0 Å². The Balaban J connectivity index is 3.31. The number of ether oxygens (including phenoxy) is 1. The van der Waals surface area contributed by atoms with Gasteiger partial charge in [-0.05, 0) is 22.6 Å². The van der Waals surface area contributed by atoms with Crippen LogP contribution in [0.15, 0.2) is 6.20 Å². The molecule has 0 unspecified atom stereocenters. The summed E-state index contributed by atoms with van der Waals surface area (Å²) in [4.78, 5) is 3.69. The van der Waals surface area contributed by atoms with Crippen molar-refractivity contribution in [2.75, 3.05) is 7.11 Å². The van der Waals surface area contributed by atoms with Gasteiger partial charge in [0, 0.05) is 0 Å². The molecule has 1 rings (SSSR count). The maximum absolute atomic E-state index is 12.6. The molecule has 0 spiro atoms. The fourth-order valence-electron chi connectivity index (χ4n) is 1.01. The lowest BCUT2D eigenvalue weighted by molar-refractivity contribution is 0.144. The smallest absolute Gasteiger partial charge is 0.266 e. The first-order valence-corrected chi connectivity index (χ1v) is 4.80. The van der Waals surface area contributed by atoms with Crippen molar-refractivity contribution < 1.29 is 18.6 Å². The molecule has 0 aromatic carbocycles. The van der Waals surface area contributed by atoms with Gasteiger partial charge in [0.2, 0.25) is 0 Å². The van der Waals surface area contributed by atoms with Crippen LogP contribution in [0.25, 0.3) is 0 Å². The highest BCUT2D eigenvalue weighted by atomic mass is 127. The second-order valence-electron chi connectivity index (χ2n) is 2.46. The highest BCUT2D eigenvalue weighted by Gasteiger charge is 2.20. The number of alkyl halides is 2. The predicted molar refractivity (Wildman–Crippen MR) is 54.4 cm³/mol. The van der Waals surface area contributed by atoms with Gasteiger partial charge in [-0.25, -0.2) is 8.78 Å². The van der Waals surface area contributed by atoms with Crippen LogP contribution in [0, 0.1) is 3.57 Å². The first kappa shape index (κ1) is 11.6. The molecular weight excluding hydrogens is 307 g/mol. The highest BCUT2D eigenvalue weighted by Crippen LogP contribution is 2.32. The Hall–Kier alpha value is -0.500. The van der Waals surface area contributed by atoms with E-state index >= 15 is 0 Å². The monoisotopic (exact) mass is 315 g/mol. The van der Waals surface area contributed by atoms with Crippen molar-refractivity contribution in [3.63, 3.8) is 0 Å². The third-order valence-corrected chi connectivity index (χ3v) is 2.80. The summed E-state index contributed by atoms with van der Waals surface area (Å²) in [5, 5.41) is 8.82. The lowest BCUT2D eigenvalue weighted by Gasteiger charge is -2.11. The zero-order valence-corrected chi connectivity index (χ0v) is 9.46. The number of hydrogen-bond donors (Lipinski definition) is 1. The molecule has 0 aliphatic rings. The molecule has 0 atom stereocenters. The molecule has 1 aromatic heterocycles. The zero-order chi connectivity index (χ0) is 10.7. The third-order valence-electron chi connectivity index (χ3n) is 1.69. The van der Waals surface area contributed by atoms with E-state index in [0.717, 1.165) is 0 Å². The van der Waals surface area contributed by atoms with E-state index in [1.54, 1.807) is 22.6 Å². The van der Waals surface area contributed by atoms with E-state index in [-0.39, 0.29) is 17.0 Å². The normalized spacial score (nSPS) is 10.7. The first-order valence-electron chi connectivity index (χ1n) is 3.72. The Morgan fingerprint density at radius 3 is 2.71 bits per heavy atom. The number of aliphatic hydroxyl groups excluding tert-OH is 1. The number of aliphatic hydroxyl groups is 1. The molecule has 0 bridgehead atoms. The van der Waals surface area contributed by atoms with E-state index in [2.05, 4.69) is 4.98 Å². The predicted octanol–water partition coefficient (Wildman–Crippen LogP) is 2.12. The van der Waals surface area contributed by atoms with E-state index in [9.17, 15) is 8.78 Å². The summed E-state index contributed by atoms with van der Waals surface area (Å²) in [5.41, 5.74) is -0.266. The lowest BCUT2D eigenvalue weighted by Crippen LogP contribution is -2.03. The van der Waals surface area contributed by atoms with Gasteiger partial charge in [0.05, 0.1) is 34.7 Å². The molecule has 0 aliphatic heterocycles. The van der Waals surface area contributed by atoms with Gasteiger partial charge in [-0.2, -0.15) is 0 Å². The fourth-order valence-corrected chi connectivity index (χ4v) is 1.92. The Morgan fingerprint density at radius 1 is 1.64 bits per heavy atom. The summed E-state index contributed by atoms with van der Waals surface area (Å²) in [5.74, 6) is 0.290. The molecule has 1 N–H and O–H groups in total. The fraction of sp³-hybridized carbons (Fsp3) is 0.375. The van der Waals surface area contributed by atoms with Crippen molar-refractivity contribution in [3.8, 4) is 5.75 Å². The van der Waals surface area contributed by atoms with Crippen molar-refractivity contribution >= 4 is 22.6 Å². The summed E-state index contributed by atoms with van der Waals surface area (Å²) in [7, 11) is 1.38. The molecule has 6 heteroatoms. The van der Waals surface area contributed by atoms with Gasteiger partial charge in [-0.1, -0.05) is 0 Å². The van der Waals surface area contributed by atoms with E-state index in [4.69, 9.17) is 9.84 Å². The van der Waals surface area contributed by atoms with Crippen molar-refractivity contribution in [1.29, 1.82) is 0 Å². The Kier molecular flexibility index (Phi) is 3.99. The second kappa shape index (κ2) is 4.83. The molecule has 0 amide bonds. The SMILES string of the molecule is COc1cnc(CO)c(C(F)F)c1I. The number of methoxy groups -OCH3 is 1. The van der Waals surface area contributed by atoms with Crippen molar-refractivity contribution in [3.05, 3.63) is 21.0 Å².